The number of benzene rings is 1. The molecule has 7 atom stereocenters. The largest absolute Gasteiger partial charge is 0.467 e. The lowest BCUT2D eigenvalue weighted by molar-refractivity contribution is -0.147. The fourth-order valence-corrected chi connectivity index (χ4v) is 6.01. The minimum absolute atomic E-state index is 0.0723. The predicted molar refractivity (Wildman–Crippen MR) is 110 cm³/mol. The van der Waals surface area contributed by atoms with E-state index in [2.05, 4.69) is 5.32 Å². The zero-order valence-electron chi connectivity index (χ0n) is 16.9. The van der Waals surface area contributed by atoms with E-state index in [1.807, 2.05) is 49.4 Å². The summed E-state index contributed by atoms with van der Waals surface area (Å²) in [5, 5.41) is 2.93. The zero-order valence-corrected chi connectivity index (χ0v) is 16.9. The number of ketones is 1. The number of anilines is 1. The summed E-state index contributed by atoms with van der Waals surface area (Å²) in [5.74, 6) is -1.44. The standard InChI is InChI=1S/C24H22N2O5/c1-13-16(27)12-15(17-8-5-11-30-17)26-21(13)24-10-9-18(31-24)19(20(24)23(26)29)22(28)25-14-6-3-2-4-7-14/h2-11,13,15,18-21H,12H2,1H3,(H,25,28)/t13-,15-,18+,19-,20+,21-,24-/m0/s1. The fraction of sp³-hybridized carbons (Fsp3) is 0.375. The van der Waals surface area contributed by atoms with E-state index in [-0.39, 0.29) is 29.9 Å². The molecule has 7 nitrogen and oxygen atoms in total. The third-order valence-electron chi connectivity index (χ3n) is 7.30. The summed E-state index contributed by atoms with van der Waals surface area (Å²) in [5.41, 5.74) is -0.297. The second-order valence-electron chi connectivity index (χ2n) is 8.83. The van der Waals surface area contributed by atoms with Gasteiger partial charge in [-0.05, 0) is 24.3 Å². The number of ether oxygens (including phenoxy) is 1. The number of piperidine rings is 1. The minimum atomic E-state index is -0.971. The summed E-state index contributed by atoms with van der Waals surface area (Å²) < 4.78 is 11.9. The van der Waals surface area contributed by atoms with Crippen LogP contribution in [0.3, 0.4) is 0 Å². The lowest BCUT2D eigenvalue weighted by atomic mass is 9.70. The first kappa shape index (κ1) is 18.6. The highest BCUT2D eigenvalue weighted by Crippen LogP contribution is 2.59. The predicted octanol–water partition coefficient (Wildman–Crippen LogP) is 2.72. The third-order valence-corrected chi connectivity index (χ3v) is 7.30. The van der Waals surface area contributed by atoms with Crippen LogP contribution in [0.15, 0.2) is 65.3 Å². The molecule has 3 fully saturated rings. The molecule has 1 spiro atoms. The monoisotopic (exact) mass is 418 g/mol. The van der Waals surface area contributed by atoms with Gasteiger partial charge >= 0.3 is 0 Å². The molecule has 2 bridgehead atoms. The highest BCUT2D eigenvalue weighted by Gasteiger charge is 2.74. The number of furan rings is 1. The van der Waals surface area contributed by atoms with Gasteiger partial charge in [-0.25, -0.2) is 0 Å². The van der Waals surface area contributed by atoms with Crippen molar-refractivity contribution in [1.29, 1.82) is 0 Å². The minimum Gasteiger partial charge on any atom is -0.467 e. The van der Waals surface area contributed by atoms with Crippen LogP contribution in [0.1, 0.15) is 25.1 Å². The van der Waals surface area contributed by atoms with E-state index in [0.717, 1.165) is 0 Å². The molecule has 5 heterocycles. The van der Waals surface area contributed by atoms with Gasteiger partial charge in [0.25, 0.3) is 0 Å². The lowest BCUT2D eigenvalue weighted by Gasteiger charge is -2.43. The van der Waals surface area contributed by atoms with Crippen LogP contribution >= 0.6 is 0 Å². The van der Waals surface area contributed by atoms with Gasteiger partial charge < -0.3 is 19.4 Å². The number of carbonyl (C=O) groups excluding carboxylic acids is 3. The average molecular weight is 418 g/mol. The second-order valence-corrected chi connectivity index (χ2v) is 8.83. The number of carbonyl (C=O) groups is 3. The number of para-hydroxylation sites is 1. The van der Waals surface area contributed by atoms with Gasteiger partial charge in [0.1, 0.15) is 17.1 Å². The smallest absolute Gasteiger partial charge is 0.231 e. The average Bonchev–Trinajstić information content (AvgIpc) is 3.54. The van der Waals surface area contributed by atoms with E-state index < -0.39 is 35.6 Å². The van der Waals surface area contributed by atoms with Crippen LogP contribution in [0.2, 0.25) is 0 Å². The lowest BCUT2D eigenvalue weighted by Crippen LogP contribution is -2.55. The van der Waals surface area contributed by atoms with Crippen LogP contribution in [0.4, 0.5) is 5.69 Å². The first-order valence-electron chi connectivity index (χ1n) is 10.6. The Kier molecular flexibility index (Phi) is 3.84. The molecule has 0 radical (unpaired) electrons. The molecule has 2 aromatic rings. The summed E-state index contributed by atoms with van der Waals surface area (Å²) in [6.07, 6.45) is 5.05. The van der Waals surface area contributed by atoms with Crippen LogP contribution < -0.4 is 5.32 Å². The first-order valence-corrected chi connectivity index (χ1v) is 10.6. The number of rotatable bonds is 3. The van der Waals surface area contributed by atoms with Crippen molar-refractivity contribution in [2.75, 3.05) is 5.32 Å². The molecule has 4 aliphatic rings. The molecule has 1 aromatic heterocycles. The fourth-order valence-electron chi connectivity index (χ4n) is 6.01. The van der Waals surface area contributed by atoms with Gasteiger partial charge in [0, 0.05) is 18.0 Å². The maximum atomic E-state index is 13.8. The van der Waals surface area contributed by atoms with Crippen molar-refractivity contribution in [2.45, 2.75) is 37.1 Å². The molecule has 0 saturated carbocycles. The third kappa shape index (κ3) is 2.41. The van der Waals surface area contributed by atoms with Gasteiger partial charge in [0.15, 0.2) is 0 Å². The number of Topliss-reactive ketones (excluding diaryl/α,β-unsaturated/α-hetero) is 1. The zero-order chi connectivity index (χ0) is 21.3. The van der Waals surface area contributed by atoms with E-state index in [0.29, 0.717) is 11.4 Å². The molecule has 158 valence electrons. The Labute approximate surface area is 179 Å². The summed E-state index contributed by atoms with van der Waals surface area (Å²) >= 11 is 0. The quantitative estimate of drug-likeness (QED) is 0.775. The van der Waals surface area contributed by atoms with Crippen LogP contribution in [0, 0.1) is 17.8 Å². The van der Waals surface area contributed by atoms with Gasteiger partial charge in [-0.3, -0.25) is 14.4 Å². The number of nitrogens with zero attached hydrogens (tertiary/aromatic N) is 1. The molecule has 1 aromatic carbocycles. The number of nitrogens with one attached hydrogen (secondary N) is 1. The Balaban J connectivity index is 1.40. The van der Waals surface area contributed by atoms with E-state index in [1.54, 1.807) is 23.3 Å². The molecule has 0 unspecified atom stereocenters. The Bertz CT molecular complexity index is 1090. The van der Waals surface area contributed by atoms with Gasteiger partial charge in [0.2, 0.25) is 11.8 Å². The van der Waals surface area contributed by atoms with Crippen molar-refractivity contribution < 1.29 is 23.5 Å². The normalized spacial score (nSPS) is 37.8. The second kappa shape index (κ2) is 6.40. The van der Waals surface area contributed by atoms with Crippen molar-refractivity contribution >= 4 is 23.3 Å². The van der Waals surface area contributed by atoms with Gasteiger partial charge in [-0.2, -0.15) is 0 Å². The van der Waals surface area contributed by atoms with Crippen molar-refractivity contribution in [3.05, 3.63) is 66.6 Å². The highest BCUT2D eigenvalue weighted by molar-refractivity contribution is 6.00. The van der Waals surface area contributed by atoms with E-state index >= 15 is 0 Å². The summed E-state index contributed by atoms with van der Waals surface area (Å²) in [6.45, 7) is 1.85. The van der Waals surface area contributed by atoms with Crippen LogP contribution in [-0.4, -0.2) is 40.2 Å². The number of hydrogen-bond acceptors (Lipinski definition) is 5. The number of amides is 2. The molecule has 0 aliphatic carbocycles. The van der Waals surface area contributed by atoms with Gasteiger partial charge in [0.05, 0.1) is 36.3 Å². The molecule has 2 amide bonds. The first-order chi connectivity index (χ1) is 15.0. The van der Waals surface area contributed by atoms with E-state index in [4.69, 9.17) is 9.15 Å². The SMILES string of the molecule is C[C@H]1C(=O)C[C@@H](c2ccco2)N2C(=O)[C@H]3[C@@H](C(=O)Nc4ccccc4)[C@H]4C=C[C@@]3(O4)[C@H]12. The molecular weight excluding hydrogens is 396 g/mol. The van der Waals surface area contributed by atoms with Crippen molar-refractivity contribution in [2.24, 2.45) is 17.8 Å². The molecule has 6 rings (SSSR count). The molecule has 1 N–H and O–H groups in total. The summed E-state index contributed by atoms with van der Waals surface area (Å²) in [4.78, 5) is 41.8. The topological polar surface area (TPSA) is 88.9 Å². The van der Waals surface area contributed by atoms with E-state index in [1.165, 1.54) is 0 Å². The van der Waals surface area contributed by atoms with Gasteiger partial charge in [-0.15, -0.1) is 0 Å². The van der Waals surface area contributed by atoms with Crippen molar-refractivity contribution in [1.82, 2.24) is 4.90 Å². The van der Waals surface area contributed by atoms with Crippen LogP contribution in [-0.2, 0) is 19.1 Å². The van der Waals surface area contributed by atoms with Gasteiger partial charge in [-0.1, -0.05) is 37.3 Å². The summed E-state index contributed by atoms with van der Waals surface area (Å²) in [7, 11) is 0. The molecule has 7 heteroatoms. The van der Waals surface area contributed by atoms with Crippen LogP contribution in [0.5, 0.6) is 0 Å². The Morgan fingerprint density at radius 3 is 2.71 bits per heavy atom. The Morgan fingerprint density at radius 2 is 1.97 bits per heavy atom. The Morgan fingerprint density at radius 1 is 1.16 bits per heavy atom. The number of fused-ring (bicyclic) bond motifs is 2. The van der Waals surface area contributed by atoms with Crippen molar-refractivity contribution in [3.8, 4) is 0 Å². The van der Waals surface area contributed by atoms with E-state index in [9.17, 15) is 14.4 Å². The number of hydrogen-bond donors (Lipinski definition) is 1. The maximum absolute atomic E-state index is 13.8. The summed E-state index contributed by atoms with van der Waals surface area (Å²) in [6, 6.07) is 11.8. The molecule has 31 heavy (non-hydrogen) atoms. The highest BCUT2D eigenvalue weighted by atomic mass is 16.5. The molecule has 4 aliphatic heterocycles. The maximum Gasteiger partial charge on any atom is 0.231 e. The van der Waals surface area contributed by atoms with Crippen LogP contribution in [0.25, 0.3) is 0 Å². The molecular formula is C24H22N2O5. The van der Waals surface area contributed by atoms with Crippen molar-refractivity contribution in [3.63, 3.8) is 0 Å². The molecule has 3 saturated heterocycles. The Hall–Kier alpha value is -3.19.